The minimum Gasteiger partial charge on any atom is -0.337 e. The number of amides is 1. The number of carbonyl (C=O) groups is 1. The Morgan fingerprint density at radius 3 is 2.65 bits per heavy atom. The highest BCUT2D eigenvalue weighted by Gasteiger charge is 2.35. The van der Waals surface area contributed by atoms with Crippen LogP contribution in [0.2, 0.25) is 0 Å². The van der Waals surface area contributed by atoms with Crippen molar-refractivity contribution in [3.05, 3.63) is 71.6 Å². The highest BCUT2D eigenvalue weighted by Crippen LogP contribution is 2.33. The molecule has 1 amide bonds. The van der Waals surface area contributed by atoms with Crippen LogP contribution in [-0.4, -0.2) is 27.5 Å². The SMILES string of the molecule is O=C(c1ccccc1F)N1CCC[C@H]1c1nc(-c2ccc(F)cc2)no1. The van der Waals surface area contributed by atoms with Crippen molar-refractivity contribution in [2.45, 2.75) is 18.9 Å². The van der Waals surface area contributed by atoms with E-state index in [1.54, 1.807) is 29.2 Å². The van der Waals surface area contributed by atoms with Crippen LogP contribution in [0.4, 0.5) is 8.78 Å². The second kappa shape index (κ2) is 6.67. The molecule has 26 heavy (non-hydrogen) atoms. The highest BCUT2D eigenvalue weighted by molar-refractivity contribution is 5.94. The average molecular weight is 355 g/mol. The van der Waals surface area contributed by atoms with Crippen molar-refractivity contribution in [1.29, 1.82) is 0 Å². The van der Waals surface area contributed by atoms with Gasteiger partial charge in [0.1, 0.15) is 17.7 Å². The van der Waals surface area contributed by atoms with Crippen molar-refractivity contribution in [2.75, 3.05) is 6.54 Å². The number of likely N-dealkylation sites (tertiary alicyclic amines) is 1. The zero-order valence-corrected chi connectivity index (χ0v) is 13.7. The second-order valence-electron chi connectivity index (χ2n) is 6.10. The Labute approximate surface area is 148 Å². The largest absolute Gasteiger partial charge is 0.337 e. The monoisotopic (exact) mass is 355 g/mol. The van der Waals surface area contributed by atoms with Crippen molar-refractivity contribution in [3.8, 4) is 11.4 Å². The summed E-state index contributed by atoms with van der Waals surface area (Å²) < 4.78 is 32.3. The molecule has 1 fully saturated rings. The van der Waals surface area contributed by atoms with Gasteiger partial charge in [-0.2, -0.15) is 4.98 Å². The number of halogens is 2. The highest BCUT2D eigenvalue weighted by atomic mass is 19.1. The maximum Gasteiger partial charge on any atom is 0.257 e. The molecule has 2 aromatic carbocycles. The van der Waals surface area contributed by atoms with E-state index in [1.807, 2.05) is 0 Å². The fourth-order valence-electron chi connectivity index (χ4n) is 3.14. The molecule has 132 valence electrons. The van der Waals surface area contributed by atoms with E-state index in [9.17, 15) is 13.6 Å². The van der Waals surface area contributed by atoms with Gasteiger partial charge in [-0.1, -0.05) is 17.3 Å². The van der Waals surface area contributed by atoms with Crippen LogP contribution in [0.3, 0.4) is 0 Å². The van der Waals surface area contributed by atoms with Gasteiger partial charge in [-0.05, 0) is 49.2 Å². The van der Waals surface area contributed by atoms with Crippen molar-refractivity contribution < 1.29 is 18.1 Å². The predicted octanol–water partition coefficient (Wildman–Crippen LogP) is 3.99. The van der Waals surface area contributed by atoms with E-state index in [-0.39, 0.29) is 11.4 Å². The first kappa shape index (κ1) is 16.4. The summed E-state index contributed by atoms with van der Waals surface area (Å²) in [6.45, 7) is 0.492. The Kier molecular flexibility index (Phi) is 4.20. The predicted molar refractivity (Wildman–Crippen MR) is 89.1 cm³/mol. The second-order valence-corrected chi connectivity index (χ2v) is 6.10. The topological polar surface area (TPSA) is 59.2 Å². The molecular weight excluding hydrogens is 340 g/mol. The van der Waals surface area contributed by atoms with Gasteiger partial charge in [-0.3, -0.25) is 4.79 Å². The van der Waals surface area contributed by atoms with Gasteiger partial charge >= 0.3 is 0 Å². The summed E-state index contributed by atoms with van der Waals surface area (Å²) in [7, 11) is 0. The number of rotatable bonds is 3. The summed E-state index contributed by atoms with van der Waals surface area (Å²) in [6.07, 6.45) is 1.42. The summed E-state index contributed by atoms with van der Waals surface area (Å²) >= 11 is 0. The molecule has 0 spiro atoms. The van der Waals surface area contributed by atoms with E-state index in [4.69, 9.17) is 4.52 Å². The molecule has 0 radical (unpaired) electrons. The summed E-state index contributed by atoms with van der Waals surface area (Å²) in [6, 6.07) is 11.2. The van der Waals surface area contributed by atoms with Crippen LogP contribution in [0.15, 0.2) is 53.1 Å². The molecule has 7 heteroatoms. The van der Waals surface area contributed by atoms with Gasteiger partial charge < -0.3 is 9.42 Å². The summed E-state index contributed by atoms with van der Waals surface area (Å²) in [4.78, 5) is 18.6. The molecule has 1 aliphatic heterocycles. The van der Waals surface area contributed by atoms with Crippen molar-refractivity contribution in [3.63, 3.8) is 0 Å². The quantitative estimate of drug-likeness (QED) is 0.713. The van der Waals surface area contributed by atoms with Crippen LogP contribution >= 0.6 is 0 Å². The van der Waals surface area contributed by atoms with E-state index in [2.05, 4.69) is 10.1 Å². The summed E-state index contributed by atoms with van der Waals surface area (Å²) in [5.74, 6) is -0.681. The Morgan fingerprint density at radius 2 is 1.88 bits per heavy atom. The van der Waals surface area contributed by atoms with Crippen molar-refractivity contribution >= 4 is 5.91 Å². The van der Waals surface area contributed by atoms with Gasteiger partial charge in [0.05, 0.1) is 5.56 Å². The lowest BCUT2D eigenvalue weighted by molar-refractivity contribution is 0.0705. The lowest BCUT2D eigenvalue weighted by Gasteiger charge is -2.22. The first-order valence-corrected chi connectivity index (χ1v) is 8.28. The van der Waals surface area contributed by atoms with E-state index < -0.39 is 17.8 Å². The van der Waals surface area contributed by atoms with Crippen LogP contribution in [0.25, 0.3) is 11.4 Å². The van der Waals surface area contributed by atoms with Gasteiger partial charge in [0.25, 0.3) is 5.91 Å². The Hall–Kier alpha value is -3.09. The molecule has 1 aromatic heterocycles. The van der Waals surface area contributed by atoms with Crippen molar-refractivity contribution in [1.82, 2.24) is 15.0 Å². The standard InChI is InChI=1S/C19H15F2N3O2/c20-13-9-7-12(8-10-13)17-22-18(26-23-17)16-6-3-11-24(16)19(25)14-4-1-2-5-15(14)21/h1-2,4-5,7-10,16H,3,6,11H2/t16-/m0/s1. The first-order valence-electron chi connectivity index (χ1n) is 8.28. The average Bonchev–Trinajstić information content (AvgIpc) is 3.31. The third-order valence-electron chi connectivity index (χ3n) is 4.45. The molecule has 0 N–H and O–H groups in total. The Bertz CT molecular complexity index is 940. The van der Waals surface area contributed by atoms with Gasteiger partial charge in [0.15, 0.2) is 0 Å². The van der Waals surface area contributed by atoms with E-state index >= 15 is 0 Å². The van der Waals surface area contributed by atoms with Crippen molar-refractivity contribution in [2.24, 2.45) is 0 Å². The number of hydrogen-bond acceptors (Lipinski definition) is 4. The minimum atomic E-state index is -0.555. The molecule has 0 aliphatic carbocycles. The molecule has 5 nitrogen and oxygen atoms in total. The molecule has 4 rings (SSSR count). The van der Waals surface area contributed by atoms with Crippen LogP contribution in [0.1, 0.15) is 35.1 Å². The zero-order chi connectivity index (χ0) is 18.1. The third-order valence-corrected chi connectivity index (χ3v) is 4.45. The van der Waals surface area contributed by atoms with Gasteiger partial charge in [0.2, 0.25) is 11.7 Å². The maximum absolute atomic E-state index is 14.0. The maximum atomic E-state index is 14.0. The number of aromatic nitrogens is 2. The fourth-order valence-corrected chi connectivity index (χ4v) is 3.14. The molecule has 1 saturated heterocycles. The van der Waals surface area contributed by atoms with Crippen LogP contribution in [0.5, 0.6) is 0 Å². The lowest BCUT2D eigenvalue weighted by Crippen LogP contribution is -2.31. The number of carbonyl (C=O) groups excluding carboxylic acids is 1. The molecular formula is C19H15F2N3O2. The number of nitrogens with zero attached hydrogens (tertiary/aromatic N) is 3. The molecule has 0 saturated carbocycles. The van der Waals surface area contributed by atoms with E-state index in [1.165, 1.54) is 24.3 Å². The fraction of sp³-hybridized carbons (Fsp3) is 0.211. The smallest absolute Gasteiger partial charge is 0.257 e. The first-order chi connectivity index (χ1) is 12.6. The molecule has 3 aromatic rings. The van der Waals surface area contributed by atoms with E-state index in [0.29, 0.717) is 30.2 Å². The zero-order valence-electron chi connectivity index (χ0n) is 13.7. The molecule has 2 heterocycles. The Morgan fingerprint density at radius 1 is 1.12 bits per heavy atom. The van der Waals surface area contributed by atoms with Crippen LogP contribution < -0.4 is 0 Å². The lowest BCUT2D eigenvalue weighted by atomic mass is 10.1. The summed E-state index contributed by atoms with van der Waals surface area (Å²) in [5.41, 5.74) is 0.643. The molecule has 1 aliphatic rings. The van der Waals surface area contributed by atoms with Gasteiger partial charge in [-0.25, -0.2) is 8.78 Å². The normalized spacial score (nSPS) is 16.8. The molecule has 0 unspecified atom stereocenters. The number of benzene rings is 2. The molecule has 0 bridgehead atoms. The van der Waals surface area contributed by atoms with E-state index in [0.717, 1.165) is 6.42 Å². The Balaban J connectivity index is 1.60. The van der Waals surface area contributed by atoms with Crippen LogP contribution in [-0.2, 0) is 0 Å². The third kappa shape index (κ3) is 2.96. The minimum absolute atomic E-state index is 0.0256. The van der Waals surface area contributed by atoms with Gasteiger partial charge in [-0.15, -0.1) is 0 Å². The number of hydrogen-bond donors (Lipinski definition) is 0. The van der Waals surface area contributed by atoms with Crippen LogP contribution in [0, 0.1) is 11.6 Å². The van der Waals surface area contributed by atoms with Gasteiger partial charge in [0, 0.05) is 12.1 Å². The summed E-state index contributed by atoms with van der Waals surface area (Å²) in [5, 5.41) is 3.92. The molecule has 1 atom stereocenters.